The minimum absolute atomic E-state index is 0.0467. The Morgan fingerprint density at radius 1 is 1.23 bits per heavy atom. The predicted octanol–water partition coefficient (Wildman–Crippen LogP) is 1.88. The molecule has 0 amide bonds. The fraction of sp³-hybridized carbons (Fsp3) is 0.400. The molecule has 1 N–H and O–H groups in total. The first-order valence-electron chi connectivity index (χ1n) is 6.86. The van der Waals surface area contributed by atoms with E-state index >= 15 is 0 Å². The third kappa shape index (κ3) is 4.49. The SMILES string of the molecule is COc1ccc(OC)c(CCN=C2NC(=NCC(C)=O)S2)c1. The number of benzene rings is 1. The van der Waals surface area contributed by atoms with Crippen LogP contribution in [0.1, 0.15) is 12.5 Å². The van der Waals surface area contributed by atoms with Crippen LogP contribution < -0.4 is 14.8 Å². The Hall–Kier alpha value is -2.02. The van der Waals surface area contributed by atoms with E-state index in [0.717, 1.165) is 33.8 Å². The largest absolute Gasteiger partial charge is 0.497 e. The zero-order valence-electron chi connectivity index (χ0n) is 12.9. The number of rotatable bonds is 7. The summed E-state index contributed by atoms with van der Waals surface area (Å²) in [5.41, 5.74) is 1.06. The Bertz CT molecular complexity index is 604. The molecular formula is C15H19N3O3S. The highest BCUT2D eigenvalue weighted by Crippen LogP contribution is 2.24. The standard InChI is InChI=1S/C15H19N3O3S/c1-10(19)9-17-15-18-14(22-15)16-7-6-11-8-12(20-2)4-5-13(11)21-3/h4-5,8H,6-7,9H2,1-3H3,(H,16,17,18). The lowest BCUT2D eigenvalue weighted by Crippen LogP contribution is -2.39. The molecule has 1 saturated heterocycles. The first-order valence-corrected chi connectivity index (χ1v) is 7.68. The molecule has 0 aromatic heterocycles. The molecule has 0 aliphatic carbocycles. The van der Waals surface area contributed by atoms with E-state index in [1.54, 1.807) is 14.2 Å². The molecule has 1 aliphatic heterocycles. The molecule has 1 fully saturated rings. The highest BCUT2D eigenvalue weighted by atomic mass is 32.2. The molecular weight excluding hydrogens is 302 g/mol. The van der Waals surface area contributed by atoms with Gasteiger partial charge < -0.3 is 14.8 Å². The highest BCUT2D eigenvalue weighted by molar-refractivity contribution is 8.29. The van der Waals surface area contributed by atoms with Crippen LogP contribution in [-0.4, -0.2) is 43.4 Å². The van der Waals surface area contributed by atoms with Crippen molar-refractivity contribution >= 4 is 27.9 Å². The van der Waals surface area contributed by atoms with Crippen molar-refractivity contribution in [2.24, 2.45) is 9.98 Å². The number of amidine groups is 2. The monoisotopic (exact) mass is 321 g/mol. The van der Waals surface area contributed by atoms with E-state index in [4.69, 9.17) is 9.47 Å². The van der Waals surface area contributed by atoms with Gasteiger partial charge in [-0.05, 0) is 48.9 Å². The van der Waals surface area contributed by atoms with Gasteiger partial charge in [0.15, 0.2) is 16.1 Å². The summed E-state index contributed by atoms with van der Waals surface area (Å²) in [5, 5.41) is 4.59. The summed E-state index contributed by atoms with van der Waals surface area (Å²) >= 11 is 1.45. The lowest BCUT2D eigenvalue weighted by Gasteiger charge is -2.19. The van der Waals surface area contributed by atoms with Crippen molar-refractivity contribution in [3.05, 3.63) is 23.8 Å². The number of hydrogen-bond acceptors (Lipinski definition) is 6. The van der Waals surface area contributed by atoms with Gasteiger partial charge in [0.25, 0.3) is 0 Å². The number of methoxy groups -OCH3 is 2. The third-order valence-electron chi connectivity index (χ3n) is 2.98. The second-order valence-electron chi connectivity index (χ2n) is 4.67. The van der Waals surface area contributed by atoms with Crippen molar-refractivity contribution in [2.75, 3.05) is 27.3 Å². The number of carbonyl (C=O) groups is 1. The second-order valence-corrected chi connectivity index (χ2v) is 5.64. The van der Waals surface area contributed by atoms with Crippen LogP contribution in [0.5, 0.6) is 11.5 Å². The van der Waals surface area contributed by atoms with Crippen LogP contribution in [-0.2, 0) is 11.2 Å². The maximum Gasteiger partial charge on any atom is 0.170 e. The van der Waals surface area contributed by atoms with Crippen LogP contribution >= 0.6 is 11.8 Å². The molecule has 7 heteroatoms. The maximum absolute atomic E-state index is 10.8. The van der Waals surface area contributed by atoms with E-state index in [-0.39, 0.29) is 12.3 Å². The van der Waals surface area contributed by atoms with Crippen LogP contribution in [0.15, 0.2) is 28.2 Å². The Balaban J connectivity index is 1.86. The van der Waals surface area contributed by atoms with Crippen molar-refractivity contribution in [1.29, 1.82) is 0 Å². The molecule has 118 valence electrons. The minimum atomic E-state index is 0.0467. The van der Waals surface area contributed by atoms with Gasteiger partial charge in [0.1, 0.15) is 18.0 Å². The number of nitrogens with one attached hydrogen (secondary N) is 1. The first kappa shape index (κ1) is 16.4. The van der Waals surface area contributed by atoms with Gasteiger partial charge in [-0.25, -0.2) is 0 Å². The van der Waals surface area contributed by atoms with Gasteiger partial charge in [-0.1, -0.05) is 0 Å². The van der Waals surface area contributed by atoms with Gasteiger partial charge in [-0.3, -0.25) is 14.8 Å². The molecule has 6 nitrogen and oxygen atoms in total. The van der Waals surface area contributed by atoms with Crippen LogP contribution in [0, 0.1) is 0 Å². The number of carbonyl (C=O) groups excluding carboxylic acids is 1. The number of ether oxygens (including phenoxy) is 2. The molecule has 0 atom stereocenters. The highest BCUT2D eigenvalue weighted by Gasteiger charge is 2.19. The number of hydrogen-bond donors (Lipinski definition) is 1. The number of Topliss-reactive ketones (excluding diaryl/α,β-unsaturated/α-hetero) is 1. The van der Waals surface area contributed by atoms with Crippen LogP contribution in [0.3, 0.4) is 0 Å². The third-order valence-corrected chi connectivity index (χ3v) is 3.83. The van der Waals surface area contributed by atoms with Crippen molar-refractivity contribution in [2.45, 2.75) is 13.3 Å². The van der Waals surface area contributed by atoms with E-state index in [1.165, 1.54) is 18.7 Å². The minimum Gasteiger partial charge on any atom is -0.497 e. The lowest BCUT2D eigenvalue weighted by atomic mass is 10.1. The average molecular weight is 321 g/mol. The van der Waals surface area contributed by atoms with Gasteiger partial charge in [0.05, 0.1) is 14.2 Å². The van der Waals surface area contributed by atoms with E-state index in [2.05, 4.69) is 15.3 Å². The molecule has 22 heavy (non-hydrogen) atoms. The Morgan fingerprint density at radius 3 is 2.59 bits per heavy atom. The van der Waals surface area contributed by atoms with E-state index < -0.39 is 0 Å². The summed E-state index contributed by atoms with van der Waals surface area (Å²) in [5.74, 6) is 1.68. The van der Waals surface area contributed by atoms with Gasteiger partial charge >= 0.3 is 0 Å². The fourth-order valence-electron chi connectivity index (χ4n) is 1.87. The van der Waals surface area contributed by atoms with Crippen molar-refractivity contribution in [1.82, 2.24) is 5.32 Å². The van der Waals surface area contributed by atoms with Gasteiger partial charge in [0, 0.05) is 6.54 Å². The molecule has 0 bridgehead atoms. The number of nitrogens with zero attached hydrogens (tertiary/aromatic N) is 2. The van der Waals surface area contributed by atoms with Gasteiger partial charge in [-0.15, -0.1) is 0 Å². The van der Waals surface area contributed by atoms with Crippen LogP contribution in [0.4, 0.5) is 0 Å². The molecule has 1 heterocycles. The first-order chi connectivity index (χ1) is 10.6. The van der Waals surface area contributed by atoms with E-state index in [9.17, 15) is 4.79 Å². The van der Waals surface area contributed by atoms with Gasteiger partial charge in [0.2, 0.25) is 0 Å². The zero-order valence-corrected chi connectivity index (χ0v) is 13.7. The predicted molar refractivity (Wildman–Crippen MR) is 89.3 cm³/mol. The Morgan fingerprint density at radius 2 is 1.95 bits per heavy atom. The fourth-order valence-corrected chi connectivity index (χ4v) is 2.48. The zero-order chi connectivity index (χ0) is 15.9. The van der Waals surface area contributed by atoms with E-state index in [0.29, 0.717) is 6.54 Å². The summed E-state index contributed by atoms with van der Waals surface area (Å²) in [7, 11) is 3.29. The normalized spacial score (nSPS) is 17.0. The van der Waals surface area contributed by atoms with E-state index in [1.807, 2.05) is 18.2 Å². The summed E-state index contributed by atoms with van der Waals surface area (Å²) < 4.78 is 10.6. The molecule has 0 radical (unpaired) electrons. The quantitative estimate of drug-likeness (QED) is 0.830. The van der Waals surface area contributed by atoms with Crippen molar-refractivity contribution < 1.29 is 14.3 Å². The summed E-state index contributed by atoms with van der Waals surface area (Å²) in [4.78, 5) is 19.4. The van der Waals surface area contributed by atoms with Gasteiger partial charge in [-0.2, -0.15) is 0 Å². The topological polar surface area (TPSA) is 72.3 Å². The smallest absolute Gasteiger partial charge is 0.170 e. The van der Waals surface area contributed by atoms with Crippen molar-refractivity contribution in [3.8, 4) is 11.5 Å². The number of aliphatic imine (C=N–C) groups is 2. The van der Waals surface area contributed by atoms with Crippen molar-refractivity contribution in [3.63, 3.8) is 0 Å². The molecule has 1 aromatic carbocycles. The Labute approximate surface area is 134 Å². The Kier molecular flexibility index (Phi) is 5.83. The molecule has 2 rings (SSSR count). The molecule has 0 unspecified atom stereocenters. The number of ketones is 1. The average Bonchev–Trinajstić information content (AvgIpc) is 2.48. The molecule has 1 aliphatic rings. The number of thioether (sulfide) groups is 1. The molecule has 0 spiro atoms. The second kappa shape index (κ2) is 7.84. The summed E-state index contributed by atoms with van der Waals surface area (Å²) in [6.45, 7) is 2.37. The lowest BCUT2D eigenvalue weighted by molar-refractivity contribution is -0.115. The molecule has 1 aromatic rings. The maximum atomic E-state index is 10.8. The van der Waals surface area contributed by atoms with Crippen LogP contribution in [0.25, 0.3) is 0 Å². The summed E-state index contributed by atoms with van der Waals surface area (Å²) in [6, 6.07) is 5.72. The molecule has 0 saturated carbocycles. The van der Waals surface area contributed by atoms with Crippen LogP contribution in [0.2, 0.25) is 0 Å². The summed E-state index contributed by atoms with van der Waals surface area (Å²) in [6.07, 6.45) is 0.756.